The molecule has 13 heavy (non-hydrogen) atoms. The fraction of sp³-hybridized carbons (Fsp3) is 0.778. The Balaban J connectivity index is 4.18. The second-order valence-electron chi connectivity index (χ2n) is 3.54. The van der Waals surface area contributed by atoms with E-state index >= 15 is 0 Å². The fourth-order valence-electron chi connectivity index (χ4n) is 1.27. The Morgan fingerprint density at radius 3 is 2.23 bits per heavy atom. The first-order chi connectivity index (χ1) is 5.97. The summed E-state index contributed by atoms with van der Waals surface area (Å²) in [5, 5.41) is 11.0. The Hall–Kier alpha value is -1.06. The van der Waals surface area contributed by atoms with Crippen molar-refractivity contribution < 1.29 is 14.7 Å². The van der Waals surface area contributed by atoms with Gasteiger partial charge in [-0.2, -0.15) is 0 Å². The van der Waals surface area contributed by atoms with Gasteiger partial charge in [-0.3, -0.25) is 9.59 Å². The van der Waals surface area contributed by atoms with Crippen LogP contribution in [0.3, 0.4) is 0 Å². The van der Waals surface area contributed by atoms with Crippen LogP contribution in [0.2, 0.25) is 0 Å². The second-order valence-corrected chi connectivity index (χ2v) is 3.54. The van der Waals surface area contributed by atoms with E-state index in [4.69, 9.17) is 5.11 Å². The summed E-state index contributed by atoms with van der Waals surface area (Å²) in [7, 11) is 1.53. The van der Waals surface area contributed by atoms with Gasteiger partial charge in [0.1, 0.15) is 0 Å². The van der Waals surface area contributed by atoms with E-state index in [2.05, 4.69) is 5.32 Å². The molecule has 4 heteroatoms. The fourth-order valence-corrected chi connectivity index (χ4v) is 1.27. The molecule has 0 rings (SSSR count). The Morgan fingerprint density at radius 2 is 1.92 bits per heavy atom. The average molecular weight is 187 g/mol. The Bertz CT molecular complexity index is 189. The van der Waals surface area contributed by atoms with E-state index in [1.807, 2.05) is 13.8 Å². The van der Waals surface area contributed by atoms with Crippen molar-refractivity contribution in [3.63, 3.8) is 0 Å². The summed E-state index contributed by atoms with van der Waals surface area (Å²) in [6.07, 6.45) is 0.532. The van der Waals surface area contributed by atoms with Crippen LogP contribution in [0.25, 0.3) is 0 Å². The first-order valence-electron chi connectivity index (χ1n) is 4.40. The van der Waals surface area contributed by atoms with Gasteiger partial charge in [-0.1, -0.05) is 13.8 Å². The predicted molar refractivity (Wildman–Crippen MR) is 49.3 cm³/mol. The van der Waals surface area contributed by atoms with Crippen LogP contribution in [0.1, 0.15) is 26.7 Å². The minimum atomic E-state index is -0.922. The van der Waals surface area contributed by atoms with E-state index in [9.17, 15) is 9.59 Å². The van der Waals surface area contributed by atoms with Gasteiger partial charge in [0.05, 0.1) is 6.42 Å². The number of aliphatic carboxylic acids is 1. The number of hydrogen-bond donors (Lipinski definition) is 2. The van der Waals surface area contributed by atoms with Gasteiger partial charge in [0.2, 0.25) is 5.91 Å². The van der Waals surface area contributed by atoms with Crippen molar-refractivity contribution in [3.8, 4) is 0 Å². The lowest BCUT2D eigenvalue weighted by molar-refractivity contribution is -0.141. The molecule has 0 fully saturated rings. The summed E-state index contributed by atoms with van der Waals surface area (Å²) in [4.78, 5) is 21.6. The van der Waals surface area contributed by atoms with Crippen LogP contribution in [0.15, 0.2) is 0 Å². The van der Waals surface area contributed by atoms with Gasteiger partial charge < -0.3 is 10.4 Å². The minimum absolute atomic E-state index is 0.0855. The Kier molecular flexibility index (Phi) is 5.11. The van der Waals surface area contributed by atoms with Crippen LogP contribution in [-0.4, -0.2) is 24.0 Å². The average Bonchev–Trinajstić information content (AvgIpc) is 2.00. The van der Waals surface area contributed by atoms with Gasteiger partial charge in [-0.25, -0.2) is 0 Å². The van der Waals surface area contributed by atoms with Crippen molar-refractivity contribution in [1.82, 2.24) is 5.32 Å². The predicted octanol–water partition coefficient (Wildman–Crippen LogP) is 0.869. The number of carboxylic acids is 1. The Morgan fingerprint density at radius 1 is 1.38 bits per heavy atom. The third kappa shape index (κ3) is 5.22. The molecular weight excluding hydrogens is 170 g/mol. The first kappa shape index (κ1) is 11.9. The lowest BCUT2D eigenvalue weighted by Gasteiger charge is -2.14. The van der Waals surface area contributed by atoms with Gasteiger partial charge in [0.15, 0.2) is 0 Å². The molecule has 0 aromatic carbocycles. The summed E-state index contributed by atoms with van der Waals surface area (Å²) in [6.45, 7) is 3.94. The molecule has 1 atom stereocenters. The van der Waals surface area contributed by atoms with Crippen LogP contribution in [0.5, 0.6) is 0 Å². The van der Waals surface area contributed by atoms with Gasteiger partial charge in [0, 0.05) is 13.0 Å². The zero-order chi connectivity index (χ0) is 10.4. The monoisotopic (exact) mass is 187 g/mol. The van der Waals surface area contributed by atoms with Crippen molar-refractivity contribution in [2.75, 3.05) is 7.05 Å². The molecule has 0 aromatic heterocycles. The molecular formula is C9H17NO3. The lowest BCUT2D eigenvalue weighted by Crippen LogP contribution is -2.30. The summed E-state index contributed by atoms with van der Waals surface area (Å²) < 4.78 is 0. The van der Waals surface area contributed by atoms with Crippen molar-refractivity contribution >= 4 is 11.9 Å². The van der Waals surface area contributed by atoms with Crippen LogP contribution in [0.4, 0.5) is 0 Å². The normalized spacial score (nSPS) is 12.6. The molecule has 0 aliphatic carbocycles. The maximum atomic E-state index is 11.2. The zero-order valence-electron chi connectivity index (χ0n) is 8.33. The van der Waals surface area contributed by atoms with Crippen molar-refractivity contribution in [1.29, 1.82) is 0 Å². The summed E-state index contributed by atoms with van der Waals surface area (Å²) in [5.74, 6) is -1.17. The zero-order valence-corrected chi connectivity index (χ0v) is 8.33. The van der Waals surface area contributed by atoms with E-state index < -0.39 is 11.9 Å². The largest absolute Gasteiger partial charge is 0.481 e. The molecule has 0 spiro atoms. The number of hydrogen-bond acceptors (Lipinski definition) is 2. The van der Waals surface area contributed by atoms with Crippen molar-refractivity contribution in [3.05, 3.63) is 0 Å². The molecule has 0 aliphatic heterocycles. The molecule has 2 N–H and O–H groups in total. The molecule has 0 aliphatic rings. The molecule has 0 bridgehead atoms. The van der Waals surface area contributed by atoms with Crippen molar-refractivity contribution in [2.45, 2.75) is 26.7 Å². The SMILES string of the molecule is CNC(=O)C(CC(=O)O)CC(C)C. The quantitative estimate of drug-likeness (QED) is 0.671. The van der Waals surface area contributed by atoms with E-state index in [0.29, 0.717) is 12.3 Å². The smallest absolute Gasteiger partial charge is 0.304 e. The highest BCUT2D eigenvalue weighted by Gasteiger charge is 2.21. The van der Waals surface area contributed by atoms with E-state index in [1.165, 1.54) is 7.05 Å². The molecule has 0 radical (unpaired) electrons. The highest BCUT2D eigenvalue weighted by molar-refractivity contribution is 5.82. The van der Waals surface area contributed by atoms with Gasteiger partial charge in [-0.05, 0) is 12.3 Å². The van der Waals surface area contributed by atoms with Crippen LogP contribution in [0, 0.1) is 11.8 Å². The highest BCUT2D eigenvalue weighted by Crippen LogP contribution is 2.15. The van der Waals surface area contributed by atoms with E-state index in [-0.39, 0.29) is 12.3 Å². The van der Waals surface area contributed by atoms with Gasteiger partial charge in [-0.15, -0.1) is 0 Å². The third-order valence-corrected chi connectivity index (χ3v) is 1.79. The number of carbonyl (C=O) groups excluding carboxylic acids is 1. The maximum absolute atomic E-state index is 11.2. The number of amides is 1. The van der Waals surface area contributed by atoms with E-state index in [1.54, 1.807) is 0 Å². The molecule has 76 valence electrons. The van der Waals surface area contributed by atoms with Gasteiger partial charge in [0.25, 0.3) is 0 Å². The number of nitrogens with one attached hydrogen (secondary N) is 1. The first-order valence-corrected chi connectivity index (χ1v) is 4.40. The number of carboxylic acid groups (broad SMARTS) is 1. The summed E-state index contributed by atoms with van der Waals surface area (Å²) in [5.41, 5.74) is 0. The van der Waals surface area contributed by atoms with Gasteiger partial charge >= 0.3 is 5.97 Å². The molecule has 0 saturated heterocycles. The second kappa shape index (κ2) is 5.56. The number of carbonyl (C=O) groups is 2. The molecule has 0 aromatic rings. The molecule has 0 heterocycles. The topological polar surface area (TPSA) is 66.4 Å². The standard InChI is InChI=1S/C9H17NO3/c1-6(2)4-7(5-8(11)12)9(13)10-3/h6-7H,4-5H2,1-3H3,(H,10,13)(H,11,12). The van der Waals surface area contributed by atoms with Crippen LogP contribution < -0.4 is 5.32 Å². The maximum Gasteiger partial charge on any atom is 0.304 e. The van der Waals surface area contributed by atoms with E-state index in [0.717, 1.165) is 0 Å². The summed E-state index contributed by atoms with van der Waals surface area (Å²) >= 11 is 0. The van der Waals surface area contributed by atoms with Crippen molar-refractivity contribution in [2.24, 2.45) is 11.8 Å². The molecule has 1 amide bonds. The number of rotatable bonds is 5. The Labute approximate surface area is 78.3 Å². The van der Waals surface area contributed by atoms with Crippen LogP contribution in [-0.2, 0) is 9.59 Å². The molecule has 1 unspecified atom stereocenters. The minimum Gasteiger partial charge on any atom is -0.481 e. The summed E-state index contributed by atoms with van der Waals surface area (Å²) in [6, 6.07) is 0. The highest BCUT2D eigenvalue weighted by atomic mass is 16.4. The molecule has 0 saturated carbocycles. The lowest BCUT2D eigenvalue weighted by atomic mass is 9.93. The molecule has 4 nitrogen and oxygen atoms in total. The van der Waals surface area contributed by atoms with Crippen LogP contribution >= 0.6 is 0 Å². The third-order valence-electron chi connectivity index (χ3n) is 1.79.